The van der Waals surface area contributed by atoms with Gasteiger partial charge in [-0.2, -0.15) is 0 Å². The minimum Gasteiger partial charge on any atom is -0.477 e. The van der Waals surface area contributed by atoms with Crippen molar-refractivity contribution in [2.75, 3.05) is 4.72 Å². The van der Waals surface area contributed by atoms with E-state index in [0.29, 0.717) is 10.6 Å². The molecule has 0 aliphatic heterocycles. The van der Waals surface area contributed by atoms with Crippen LogP contribution in [0.4, 0.5) is 5.69 Å². The van der Waals surface area contributed by atoms with E-state index in [2.05, 4.69) is 4.72 Å². The molecule has 0 aliphatic carbocycles. The van der Waals surface area contributed by atoms with E-state index >= 15 is 0 Å². The number of carboxylic acids is 1. The molecular weight excluding hydrogens is 310 g/mol. The first-order chi connectivity index (χ1) is 9.70. The number of benzene rings is 1. The molecule has 0 atom stereocenters. The monoisotopic (exact) mass is 325 g/mol. The molecule has 1 aromatic carbocycles. The quantitative estimate of drug-likeness (QED) is 0.904. The minimum absolute atomic E-state index is 0.00451. The highest BCUT2D eigenvalue weighted by Gasteiger charge is 2.22. The number of carboxylic acid groups (broad SMARTS) is 1. The molecule has 0 aliphatic rings. The zero-order chi connectivity index (χ0) is 15.8. The zero-order valence-electron chi connectivity index (χ0n) is 11.8. The third-order valence-electron chi connectivity index (χ3n) is 3.00. The van der Waals surface area contributed by atoms with Gasteiger partial charge >= 0.3 is 5.97 Å². The maximum Gasteiger partial charge on any atom is 0.345 e. The molecule has 0 unspecified atom stereocenters. The van der Waals surface area contributed by atoms with Gasteiger partial charge in [0.15, 0.2) is 0 Å². The Balaban J connectivity index is 2.41. The fourth-order valence-corrected chi connectivity index (χ4v) is 4.53. The van der Waals surface area contributed by atoms with Crippen LogP contribution in [0.1, 0.15) is 25.7 Å². The first-order valence-corrected chi connectivity index (χ1v) is 8.44. The maximum atomic E-state index is 12.4. The normalized spacial score (nSPS) is 11.4. The van der Waals surface area contributed by atoms with Gasteiger partial charge in [-0.05, 0) is 38.5 Å². The number of anilines is 1. The van der Waals surface area contributed by atoms with E-state index in [-0.39, 0.29) is 9.77 Å². The largest absolute Gasteiger partial charge is 0.477 e. The molecular formula is C14H15NO4S2. The van der Waals surface area contributed by atoms with Crippen LogP contribution in [0.5, 0.6) is 0 Å². The molecule has 0 spiro atoms. The molecule has 112 valence electrons. The minimum atomic E-state index is -3.79. The third-order valence-corrected chi connectivity index (χ3v) is 5.66. The molecule has 7 heteroatoms. The van der Waals surface area contributed by atoms with Gasteiger partial charge in [-0.25, -0.2) is 13.2 Å². The van der Waals surface area contributed by atoms with Crippen LogP contribution in [0.15, 0.2) is 29.2 Å². The first-order valence-electron chi connectivity index (χ1n) is 6.14. The molecule has 0 saturated heterocycles. The molecule has 2 rings (SSSR count). The number of aryl methyl sites for hydroxylation is 3. The average Bonchev–Trinajstić information content (AvgIpc) is 2.76. The van der Waals surface area contributed by atoms with E-state index in [1.807, 2.05) is 26.0 Å². The third kappa shape index (κ3) is 3.25. The SMILES string of the molecule is Cc1ccc(NS(=O)(=O)c2cc(C(=O)O)sc2C)c(C)c1. The molecule has 0 saturated carbocycles. The zero-order valence-corrected chi connectivity index (χ0v) is 13.4. The van der Waals surface area contributed by atoms with Crippen molar-refractivity contribution in [3.05, 3.63) is 45.1 Å². The van der Waals surface area contributed by atoms with Crippen molar-refractivity contribution in [2.45, 2.75) is 25.7 Å². The average molecular weight is 325 g/mol. The number of aromatic carboxylic acids is 1. The molecule has 0 fully saturated rings. The molecule has 5 nitrogen and oxygen atoms in total. The molecule has 0 amide bonds. The van der Waals surface area contributed by atoms with Gasteiger partial charge in [0, 0.05) is 4.88 Å². The summed E-state index contributed by atoms with van der Waals surface area (Å²) in [7, 11) is -3.79. The molecule has 2 N–H and O–H groups in total. The Morgan fingerprint density at radius 1 is 1.19 bits per heavy atom. The number of carbonyl (C=O) groups is 1. The smallest absolute Gasteiger partial charge is 0.345 e. The topological polar surface area (TPSA) is 83.5 Å². The lowest BCUT2D eigenvalue weighted by Gasteiger charge is -2.10. The number of hydrogen-bond donors (Lipinski definition) is 2. The first kappa shape index (κ1) is 15.5. The van der Waals surface area contributed by atoms with Crippen molar-refractivity contribution in [1.29, 1.82) is 0 Å². The van der Waals surface area contributed by atoms with Crippen LogP contribution < -0.4 is 4.72 Å². The van der Waals surface area contributed by atoms with Crippen molar-refractivity contribution in [2.24, 2.45) is 0 Å². The van der Waals surface area contributed by atoms with Crippen molar-refractivity contribution in [3.8, 4) is 0 Å². The van der Waals surface area contributed by atoms with Gasteiger partial charge in [0.2, 0.25) is 0 Å². The van der Waals surface area contributed by atoms with E-state index in [9.17, 15) is 13.2 Å². The summed E-state index contributed by atoms with van der Waals surface area (Å²) >= 11 is 0.948. The van der Waals surface area contributed by atoms with Gasteiger partial charge in [0.1, 0.15) is 9.77 Å². The second-order valence-electron chi connectivity index (χ2n) is 4.76. The van der Waals surface area contributed by atoms with Crippen LogP contribution >= 0.6 is 11.3 Å². The van der Waals surface area contributed by atoms with E-state index in [4.69, 9.17) is 5.11 Å². The van der Waals surface area contributed by atoms with Crippen LogP contribution in [0.25, 0.3) is 0 Å². The van der Waals surface area contributed by atoms with Crippen LogP contribution in [-0.2, 0) is 10.0 Å². The lowest BCUT2D eigenvalue weighted by atomic mass is 10.1. The van der Waals surface area contributed by atoms with Gasteiger partial charge in [-0.1, -0.05) is 17.7 Å². The van der Waals surface area contributed by atoms with Gasteiger partial charge in [-0.3, -0.25) is 4.72 Å². The number of rotatable bonds is 4. The molecule has 2 aromatic rings. The van der Waals surface area contributed by atoms with E-state index in [1.54, 1.807) is 13.0 Å². The van der Waals surface area contributed by atoms with Crippen LogP contribution in [0.3, 0.4) is 0 Å². The lowest BCUT2D eigenvalue weighted by molar-refractivity contribution is 0.0702. The van der Waals surface area contributed by atoms with Crippen LogP contribution in [-0.4, -0.2) is 19.5 Å². The summed E-state index contributed by atoms with van der Waals surface area (Å²) in [5, 5.41) is 8.95. The van der Waals surface area contributed by atoms with Gasteiger partial charge in [0.05, 0.1) is 5.69 Å². The summed E-state index contributed by atoms with van der Waals surface area (Å²) in [5.74, 6) is -1.13. The Morgan fingerprint density at radius 3 is 2.38 bits per heavy atom. The van der Waals surface area contributed by atoms with Crippen molar-refractivity contribution < 1.29 is 18.3 Å². The summed E-state index contributed by atoms with van der Waals surface area (Å²) in [6.07, 6.45) is 0. The van der Waals surface area contributed by atoms with E-state index in [0.717, 1.165) is 22.5 Å². The summed E-state index contributed by atoms with van der Waals surface area (Å²) in [6.45, 7) is 5.33. The summed E-state index contributed by atoms with van der Waals surface area (Å²) in [6, 6.07) is 6.57. The van der Waals surface area contributed by atoms with Gasteiger partial charge in [-0.15, -0.1) is 11.3 Å². The second-order valence-corrected chi connectivity index (χ2v) is 7.67. The van der Waals surface area contributed by atoms with Crippen molar-refractivity contribution in [3.63, 3.8) is 0 Å². The molecule has 21 heavy (non-hydrogen) atoms. The summed E-state index contributed by atoms with van der Waals surface area (Å²) < 4.78 is 27.3. The fraction of sp³-hybridized carbons (Fsp3) is 0.214. The Morgan fingerprint density at radius 2 is 1.86 bits per heavy atom. The Kier molecular flexibility index (Phi) is 4.06. The number of nitrogens with one attached hydrogen (secondary N) is 1. The van der Waals surface area contributed by atoms with E-state index in [1.165, 1.54) is 6.07 Å². The molecule has 0 radical (unpaired) electrons. The molecule has 1 heterocycles. The van der Waals surface area contributed by atoms with Crippen molar-refractivity contribution in [1.82, 2.24) is 0 Å². The highest BCUT2D eigenvalue weighted by molar-refractivity contribution is 7.93. The van der Waals surface area contributed by atoms with Gasteiger partial charge < -0.3 is 5.11 Å². The Labute approximate surface area is 127 Å². The number of thiophene rings is 1. The molecule has 1 aromatic heterocycles. The summed E-state index contributed by atoms with van der Waals surface area (Å²) in [4.78, 5) is 11.4. The standard InChI is InChI=1S/C14H15NO4S2/c1-8-4-5-11(9(2)6-8)15-21(18,19)13-7-12(14(16)17)20-10(13)3/h4-7,15H,1-3H3,(H,16,17). The maximum absolute atomic E-state index is 12.4. The predicted octanol–water partition coefficient (Wildman–Crippen LogP) is 3.17. The highest BCUT2D eigenvalue weighted by atomic mass is 32.2. The fourth-order valence-electron chi connectivity index (χ4n) is 1.97. The Bertz CT molecular complexity index is 806. The number of sulfonamides is 1. The molecule has 0 bridgehead atoms. The van der Waals surface area contributed by atoms with Crippen LogP contribution in [0.2, 0.25) is 0 Å². The van der Waals surface area contributed by atoms with E-state index < -0.39 is 16.0 Å². The summed E-state index contributed by atoms with van der Waals surface area (Å²) in [5.41, 5.74) is 2.34. The number of hydrogen-bond acceptors (Lipinski definition) is 4. The highest BCUT2D eigenvalue weighted by Crippen LogP contribution is 2.28. The van der Waals surface area contributed by atoms with Gasteiger partial charge in [0.25, 0.3) is 10.0 Å². The second kappa shape index (κ2) is 5.50. The predicted molar refractivity (Wildman–Crippen MR) is 82.7 cm³/mol. The lowest BCUT2D eigenvalue weighted by Crippen LogP contribution is -2.14. The van der Waals surface area contributed by atoms with Crippen LogP contribution in [0, 0.1) is 20.8 Å². The van der Waals surface area contributed by atoms with Crippen molar-refractivity contribution >= 4 is 33.0 Å². The Hall–Kier alpha value is -1.86.